The van der Waals surface area contributed by atoms with Crippen LogP contribution in [0.15, 0.2) is 36.5 Å². The number of rotatable bonds is 2. The van der Waals surface area contributed by atoms with Crippen LogP contribution in [0.2, 0.25) is 0 Å². The van der Waals surface area contributed by atoms with E-state index in [4.69, 9.17) is 4.74 Å². The first-order valence-electron chi connectivity index (χ1n) is 5.56. The lowest BCUT2D eigenvalue weighted by Crippen LogP contribution is -2.28. The van der Waals surface area contributed by atoms with Crippen molar-refractivity contribution in [2.75, 3.05) is 13.2 Å². The predicted octanol–water partition coefficient (Wildman–Crippen LogP) is 0.875. The fraction of sp³-hybridized carbons (Fsp3) is 0.333. The molecule has 0 spiro atoms. The maximum atomic E-state index is 10.5. The summed E-state index contributed by atoms with van der Waals surface area (Å²) in [6.07, 6.45) is 2.18. The zero-order valence-corrected chi connectivity index (χ0v) is 9.28. The minimum Gasteiger partial charge on any atom is -0.381 e. The maximum absolute atomic E-state index is 10.5. The number of ether oxygens (including phenoxy) is 1. The topological polar surface area (TPSA) is 60.2 Å². The Morgan fingerprint density at radius 3 is 2.82 bits per heavy atom. The molecule has 0 bridgehead atoms. The van der Waals surface area contributed by atoms with Gasteiger partial charge in [0.05, 0.1) is 24.2 Å². The molecule has 1 atom stereocenters. The van der Waals surface area contributed by atoms with Gasteiger partial charge in [-0.25, -0.2) is 4.68 Å². The van der Waals surface area contributed by atoms with Gasteiger partial charge in [0.15, 0.2) is 0 Å². The smallest absolute Gasteiger partial charge is 0.134 e. The maximum Gasteiger partial charge on any atom is 0.134 e. The molecule has 2 aromatic rings. The van der Waals surface area contributed by atoms with Gasteiger partial charge in [-0.15, -0.1) is 5.10 Å². The minimum atomic E-state index is -0.973. The molecule has 1 aliphatic rings. The van der Waals surface area contributed by atoms with Crippen LogP contribution in [0.25, 0.3) is 5.69 Å². The van der Waals surface area contributed by atoms with E-state index in [0.29, 0.717) is 25.3 Å². The number of aromatic nitrogens is 3. The van der Waals surface area contributed by atoms with E-state index >= 15 is 0 Å². The molecule has 0 amide bonds. The Morgan fingerprint density at radius 2 is 2.12 bits per heavy atom. The molecule has 3 rings (SSSR count). The van der Waals surface area contributed by atoms with Gasteiger partial charge < -0.3 is 9.84 Å². The first-order valence-corrected chi connectivity index (χ1v) is 5.56. The summed E-state index contributed by atoms with van der Waals surface area (Å²) in [6.45, 7) is 0.865. The third-order valence-electron chi connectivity index (χ3n) is 3.03. The van der Waals surface area contributed by atoms with E-state index in [2.05, 4.69) is 10.3 Å². The van der Waals surface area contributed by atoms with E-state index in [1.54, 1.807) is 10.9 Å². The summed E-state index contributed by atoms with van der Waals surface area (Å²) in [7, 11) is 0. The molecule has 5 heteroatoms. The molecule has 0 saturated carbocycles. The highest BCUT2D eigenvalue weighted by Gasteiger charge is 2.37. The van der Waals surface area contributed by atoms with Crippen molar-refractivity contribution >= 4 is 0 Å². The van der Waals surface area contributed by atoms with Gasteiger partial charge in [-0.3, -0.25) is 0 Å². The molecule has 0 radical (unpaired) electrons. The van der Waals surface area contributed by atoms with Crippen LogP contribution in [0.4, 0.5) is 0 Å². The molecule has 1 N–H and O–H groups in total. The van der Waals surface area contributed by atoms with Crippen LogP contribution < -0.4 is 0 Å². The lowest BCUT2D eigenvalue weighted by molar-refractivity contribution is 0.0174. The number of aliphatic hydroxyl groups is 1. The second-order valence-corrected chi connectivity index (χ2v) is 4.20. The molecule has 1 fully saturated rings. The van der Waals surface area contributed by atoms with Crippen molar-refractivity contribution in [3.63, 3.8) is 0 Å². The fourth-order valence-corrected chi connectivity index (χ4v) is 2.07. The van der Waals surface area contributed by atoms with Crippen LogP contribution in [0.1, 0.15) is 12.1 Å². The number of benzene rings is 1. The molecule has 1 unspecified atom stereocenters. The Morgan fingerprint density at radius 1 is 1.29 bits per heavy atom. The fourth-order valence-electron chi connectivity index (χ4n) is 2.07. The van der Waals surface area contributed by atoms with E-state index < -0.39 is 5.60 Å². The Kier molecular flexibility index (Phi) is 2.42. The Bertz CT molecular complexity index is 503. The summed E-state index contributed by atoms with van der Waals surface area (Å²) in [5, 5.41) is 18.4. The monoisotopic (exact) mass is 231 g/mol. The highest BCUT2D eigenvalue weighted by molar-refractivity contribution is 5.33. The number of para-hydroxylation sites is 1. The van der Waals surface area contributed by atoms with E-state index in [1.165, 1.54) is 0 Å². The van der Waals surface area contributed by atoms with Gasteiger partial charge in [-0.05, 0) is 12.1 Å². The largest absolute Gasteiger partial charge is 0.381 e. The summed E-state index contributed by atoms with van der Waals surface area (Å²) in [6, 6.07) is 9.65. The van der Waals surface area contributed by atoms with Crippen molar-refractivity contribution in [1.82, 2.24) is 15.0 Å². The summed E-state index contributed by atoms with van der Waals surface area (Å²) in [5.74, 6) is 0. The van der Waals surface area contributed by atoms with Crippen LogP contribution in [-0.4, -0.2) is 33.3 Å². The van der Waals surface area contributed by atoms with Crippen molar-refractivity contribution in [2.45, 2.75) is 12.0 Å². The highest BCUT2D eigenvalue weighted by Crippen LogP contribution is 2.30. The lowest BCUT2D eigenvalue weighted by Gasteiger charge is -2.20. The summed E-state index contributed by atoms with van der Waals surface area (Å²) < 4.78 is 6.92. The zero-order chi connectivity index (χ0) is 11.7. The van der Waals surface area contributed by atoms with Gasteiger partial charge in [0.1, 0.15) is 5.60 Å². The third kappa shape index (κ3) is 1.73. The van der Waals surface area contributed by atoms with Crippen LogP contribution >= 0.6 is 0 Å². The van der Waals surface area contributed by atoms with Crippen LogP contribution in [0.5, 0.6) is 0 Å². The molecule has 0 aliphatic carbocycles. The quantitative estimate of drug-likeness (QED) is 0.833. The van der Waals surface area contributed by atoms with Gasteiger partial charge in [0.25, 0.3) is 0 Å². The molecule has 2 heterocycles. The van der Waals surface area contributed by atoms with E-state index in [0.717, 1.165) is 5.69 Å². The van der Waals surface area contributed by atoms with Gasteiger partial charge in [0.2, 0.25) is 0 Å². The first kappa shape index (κ1) is 10.4. The molecule has 1 aromatic heterocycles. The van der Waals surface area contributed by atoms with Crippen molar-refractivity contribution in [3.8, 4) is 5.69 Å². The zero-order valence-electron chi connectivity index (χ0n) is 9.28. The normalized spacial score (nSPS) is 24.1. The van der Waals surface area contributed by atoms with Gasteiger partial charge in [-0.2, -0.15) is 0 Å². The second-order valence-electron chi connectivity index (χ2n) is 4.20. The van der Waals surface area contributed by atoms with Crippen LogP contribution in [0.3, 0.4) is 0 Å². The average Bonchev–Trinajstić information content (AvgIpc) is 2.99. The van der Waals surface area contributed by atoms with Crippen molar-refractivity contribution < 1.29 is 9.84 Å². The second kappa shape index (κ2) is 3.94. The van der Waals surface area contributed by atoms with E-state index in [9.17, 15) is 5.11 Å². The molecule has 1 aromatic carbocycles. The van der Waals surface area contributed by atoms with Crippen LogP contribution in [-0.2, 0) is 10.3 Å². The molecule has 88 valence electrons. The number of hydrogen-bond donors (Lipinski definition) is 1. The summed E-state index contributed by atoms with van der Waals surface area (Å²) >= 11 is 0. The average molecular weight is 231 g/mol. The molecular weight excluding hydrogens is 218 g/mol. The number of hydrogen-bond acceptors (Lipinski definition) is 4. The predicted molar refractivity (Wildman–Crippen MR) is 60.7 cm³/mol. The van der Waals surface area contributed by atoms with Crippen molar-refractivity contribution in [3.05, 3.63) is 42.2 Å². The highest BCUT2D eigenvalue weighted by atomic mass is 16.5. The van der Waals surface area contributed by atoms with Gasteiger partial charge in [0, 0.05) is 13.0 Å². The molecule has 5 nitrogen and oxygen atoms in total. The van der Waals surface area contributed by atoms with Crippen molar-refractivity contribution in [1.29, 1.82) is 0 Å². The Labute approximate surface area is 98.6 Å². The van der Waals surface area contributed by atoms with E-state index in [-0.39, 0.29) is 0 Å². The van der Waals surface area contributed by atoms with Crippen molar-refractivity contribution in [2.24, 2.45) is 0 Å². The van der Waals surface area contributed by atoms with Crippen LogP contribution in [0, 0.1) is 0 Å². The summed E-state index contributed by atoms with van der Waals surface area (Å²) in [5.41, 5.74) is 0.598. The Balaban J connectivity index is 2.05. The number of nitrogens with zero attached hydrogens (tertiary/aromatic N) is 3. The molecular formula is C12H13N3O2. The van der Waals surface area contributed by atoms with Gasteiger partial charge >= 0.3 is 0 Å². The van der Waals surface area contributed by atoms with E-state index in [1.807, 2.05) is 30.3 Å². The Hall–Kier alpha value is -1.72. The molecule has 1 saturated heterocycles. The third-order valence-corrected chi connectivity index (χ3v) is 3.03. The molecule has 17 heavy (non-hydrogen) atoms. The lowest BCUT2D eigenvalue weighted by atomic mass is 9.99. The molecule has 1 aliphatic heterocycles. The summed E-state index contributed by atoms with van der Waals surface area (Å²) in [4.78, 5) is 0. The minimum absolute atomic E-state index is 0.299. The SMILES string of the molecule is OC1(c2cnnn2-c2ccccc2)CCOC1. The standard InChI is InChI=1S/C12H13N3O2/c16-12(6-7-17-9-12)11-8-13-14-15(11)10-4-2-1-3-5-10/h1-5,8,16H,6-7,9H2. The first-order chi connectivity index (χ1) is 8.30. The van der Waals surface area contributed by atoms with Gasteiger partial charge in [-0.1, -0.05) is 23.4 Å².